The molecule has 4 aliphatic heterocycles. The maximum Gasteiger partial charge on any atom is 0.392 e. The zero-order valence-corrected chi connectivity index (χ0v) is 23.5. The topological polar surface area (TPSA) is 60.1 Å². The minimum absolute atomic E-state index is 0.0152. The van der Waals surface area contributed by atoms with Crippen LogP contribution in [0.15, 0.2) is 0 Å². The van der Waals surface area contributed by atoms with Gasteiger partial charge in [0.05, 0.1) is 32.0 Å². The van der Waals surface area contributed by atoms with Crippen molar-refractivity contribution in [2.45, 2.75) is 82.7 Å². The number of amides is 1. The van der Waals surface area contributed by atoms with Gasteiger partial charge in [-0.15, -0.1) is 0 Å². The number of nitrogens with zero attached hydrogens (tertiary/aromatic N) is 3. The Kier molecular flexibility index (Phi) is 6.78. The number of carbonyl (C=O) groups is 1. The van der Waals surface area contributed by atoms with Crippen molar-refractivity contribution >= 4 is 5.91 Å². The zero-order valence-electron chi connectivity index (χ0n) is 23.5. The van der Waals surface area contributed by atoms with Crippen LogP contribution < -0.4 is 10.9 Å². The fourth-order valence-corrected chi connectivity index (χ4v) is 9.60. The number of ether oxygens (including phenoxy) is 1. The molecule has 1 amide bonds. The van der Waals surface area contributed by atoms with Gasteiger partial charge in [-0.25, -0.2) is 10.9 Å². The van der Waals surface area contributed by atoms with Crippen LogP contribution in [-0.4, -0.2) is 91.6 Å². The van der Waals surface area contributed by atoms with Crippen molar-refractivity contribution in [3.63, 3.8) is 0 Å². The fourth-order valence-electron chi connectivity index (χ4n) is 9.60. The molecule has 39 heavy (non-hydrogen) atoms. The number of nitrogens with one attached hydrogen (secondary N) is 2. The molecule has 0 bridgehead atoms. The third-order valence-corrected chi connectivity index (χ3v) is 12.3. The molecule has 7 nitrogen and oxygen atoms in total. The summed E-state index contributed by atoms with van der Waals surface area (Å²) < 4.78 is 49.2. The van der Waals surface area contributed by atoms with Crippen LogP contribution in [0.3, 0.4) is 0 Å². The second-order valence-corrected chi connectivity index (χ2v) is 14.4. The van der Waals surface area contributed by atoms with Crippen LogP contribution in [0.25, 0.3) is 0 Å². The molecule has 220 valence electrons. The third kappa shape index (κ3) is 4.74. The molecule has 0 aromatic rings. The van der Waals surface area contributed by atoms with Gasteiger partial charge in [0.15, 0.2) is 0 Å². The molecule has 0 spiro atoms. The van der Waals surface area contributed by atoms with Crippen LogP contribution in [0.1, 0.15) is 58.3 Å². The van der Waals surface area contributed by atoms with Gasteiger partial charge in [-0.2, -0.15) is 13.2 Å². The molecule has 7 rings (SSSR count). The summed E-state index contributed by atoms with van der Waals surface area (Å²) in [7, 11) is 2.11. The lowest BCUT2D eigenvalue weighted by molar-refractivity contribution is -0.205. The molecule has 7 fully saturated rings. The van der Waals surface area contributed by atoms with Gasteiger partial charge in [-0.3, -0.25) is 14.6 Å². The molecule has 3 saturated carbocycles. The largest absolute Gasteiger partial charge is 0.392 e. The summed E-state index contributed by atoms with van der Waals surface area (Å²) in [5.41, 5.74) is 6.68. The molecular formula is C29H46F3N5O2. The van der Waals surface area contributed by atoms with E-state index in [4.69, 9.17) is 4.74 Å². The van der Waals surface area contributed by atoms with Crippen LogP contribution in [0.2, 0.25) is 0 Å². The van der Waals surface area contributed by atoms with Crippen LogP contribution in [0, 0.1) is 46.8 Å². The number of alkyl halides is 3. The van der Waals surface area contributed by atoms with Crippen molar-refractivity contribution in [3.8, 4) is 0 Å². The van der Waals surface area contributed by atoms with Crippen molar-refractivity contribution < 1.29 is 22.7 Å². The van der Waals surface area contributed by atoms with E-state index in [1.165, 1.54) is 6.42 Å². The summed E-state index contributed by atoms with van der Waals surface area (Å²) in [6.07, 6.45) is 3.03. The van der Waals surface area contributed by atoms with E-state index in [2.05, 4.69) is 34.6 Å². The summed E-state index contributed by atoms with van der Waals surface area (Å²) in [4.78, 5) is 20.5. The van der Waals surface area contributed by atoms with Gasteiger partial charge in [-0.05, 0) is 88.5 Å². The number of hydrogen-bond acceptors (Lipinski definition) is 6. The highest BCUT2D eigenvalue weighted by atomic mass is 19.4. The molecule has 7 aliphatic rings. The molecule has 10 heteroatoms. The van der Waals surface area contributed by atoms with Crippen molar-refractivity contribution in [1.29, 1.82) is 0 Å². The predicted molar refractivity (Wildman–Crippen MR) is 140 cm³/mol. The summed E-state index contributed by atoms with van der Waals surface area (Å²) >= 11 is 0. The van der Waals surface area contributed by atoms with Crippen LogP contribution in [0.5, 0.6) is 0 Å². The number of hydrazine groups is 1. The average molecular weight is 554 g/mol. The maximum absolute atomic E-state index is 14.5. The van der Waals surface area contributed by atoms with Gasteiger partial charge >= 0.3 is 6.18 Å². The first-order valence-corrected chi connectivity index (χ1v) is 15.5. The lowest BCUT2D eigenvalue weighted by Gasteiger charge is -2.52. The summed E-state index contributed by atoms with van der Waals surface area (Å²) in [6.45, 7) is 6.76. The first-order valence-electron chi connectivity index (χ1n) is 15.5. The van der Waals surface area contributed by atoms with E-state index < -0.39 is 23.9 Å². The monoisotopic (exact) mass is 553 g/mol. The Hall–Kier alpha value is -0.940. The molecule has 0 radical (unpaired) electrons. The highest BCUT2D eigenvalue weighted by Gasteiger charge is 2.59. The Labute approximate surface area is 230 Å². The number of piperidine rings is 1. The number of hydrogen-bond donors (Lipinski definition) is 2. The number of fused-ring (bicyclic) bond motifs is 2. The van der Waals surface area contributed by atoms with Crippen molar-refractivity contribution in [1.82, 2.24) is 25.6 Å². The Balaban J connectivity index is 1.06. The minimum Gasteiger partial charge on any atom is -0.380 e. The van der Waals surface area contributed by atoms with Gasteiger partial charge < -0.3 is 9.64 Å². The molecular weight excluding hydrogens is 507 g/mol. The van der Waals surface area contributed by atoms with E-state index in [1.807, 2.05) is 4.90 Å². The van der Waals surface area contributed by atoms with E-state index in [0.717, 1.165) is 76.9 Å². The molecule has 4 saturated heterocycles. The smallest absolute Gasteiger partial charge is 0.380 e. The van der Waals surface area contributed by atoms with Crippen molar-refractivity contribution in [2.24, 2.45) is 46.8 Å². The van der Waals surface area contributed by atoms with Gasteiger partial charge in [0, 0.05) is 43.1 Å². The summed E-state index contributed by atoms with van der Waals surface area (Å²) in [5, 5.41) is 0. The SMILES string of the molecule is C[C@@H](C1CC2C(=O)N(C3CCCC(C4(CC5NNCN5C)COC4)C3)CC2C(C(F)(F)F)C1)N1C[C@H]2C[C@H]2C1. The van der Waals surface area contributed by atoms with Gasteiger partial charge in [-0.1, -0.05) is 6.42 Å². The summed E-state index contributed by atoms with van der Waals surface area (Å²) in [6, 6.07) is 0.182. The minimum atomic E-state index is -4.25. The maximum atomic E-state index is 14.5. The van der Waals surface area contributed by atoms with Crippen LogP contribution in [0.4, 0.5) is 13.2 Å². The molecule has 2 N–H and O–H groups in total. The number of halogens is 3. The molecule has 3 aliphatic carbocycles. The van der Waals surface area contributed by atoms with E-state index in [9.17, 15) is 18.0 Å². The summed E-state index contributed by atoms with van der Waals surface area (Å²) in [5.74, 6) is -0.512. The lowest BCUT2D eigenvalue weighted by atomic mass is 9.64. The Bertz CT molecular complexity index is 936. The number of likely N-dealkylation sites (tertiary alicyclic amines) is 2. The second-order valence-electron chi connectivity index (χ2n) is 14.4. The standard InChI is InChI=1S/C29H46F3N5O2/c1-17(36-11-19-6-20(19)12-36)18-7-23-24(25(8-18)29(30,31)32)13-37(27(23)38)22-5-3-4-21(9-22)28(14-39-15-28)10-26-34-33-16-35(26)2/h17-26,33-34H,3-16H2,1-2H3/t17-,18?,19-,20+,21?,22?,23?,24?,25?,26?/m0/s1. The normalized spacial score (nSPS) is 45.2. The molecule has 10 atom stereocenters. The Morgan fingerprint density at radius 3 is 2.49 bits per heavy atom. The van der Waals surface area contributed by atoms with Crippen molar-refractivity contribution in [2.75, 3.05) is 46.6 Å². The third-order valence-electron chi connectivity index (χ3n) is 12.3. The first kappa shape index (κ1) is 26.9. The van der Waals surface area contributed by atoms with E-state index in [-0.39, 0.29) is 41.9 Å². The lowest BCUT2D eigenvalue weighted by Crippen LogP contribution is -2.56. The highest BCUT2D eigenvalue weighted by molar-refractivity contribution is 5.82. The molecule has 7 unspecified atom stereocenters. The van der Waals surface area contributed by atoms with Crippen molar-refractivity contribution in [3.05, 3.63) is 0 Å². The van der Waals surface area contributed by atoms with Gasteiger partial charge in [0.25, 0.3) is 0 Å². The number of rotatable bonds is 6. The van der Waals surface area contributed by atoms with Gasteiger partial charge in [0.2, 0.25) is 5.91 Å². The Morgan fingerprint density at radius 1 is 1.08 bits per heavy atom. The second kappa shape index (κ2) is 9.82. The molecule has 0 aromatic heterocycles. The predicted octanol–water partition coefficient (Wildman–Crippen LogP) is 3.28. The zero-order chi connectivity index (χ0) is 27.1. The van der Waals surface area contributed by atoms with Crippen LogP contribution >= 0.6 is 0 Å². The first-order chi connectivity index (χ1) is 18.6. The average Bonchev–Trinajstić information content (AvgIpc) is 3.16. The van der Waals surface area contributed by atoms with E-state index in [0.29, 0.717) is 18.9 Å². The Morgan fingerprint density at radius 2 is 1.85 bits per heavy atom. The molecule has 0 aromatic carbocycles. The van der Waals surface area contributed by atoms with E-state index >= 15 is 0 Å². The molecule has 4 heterocycles. The van der Waals surface area contributed by atoms with E-state index in [1.54, 1.807) is 0 Å². The number of carbonyl (C=O) groups excluding carboxylic acids is 1. The van der Waals surface area contributed by atoms with Gasteiger partial charge in [0.1, 0.15) is 0 Å². The fraction of sp³-hybridized carbons (Fsp3) is 0.966. The van der Waals surface area contributed by atoms with Crippen LogP contribution in [-0.2, 0) is 9.53 Å². The highest BCUT2D eigenvalue weighted by Crippen LogP contribution is 2.54. The quantitative estimate of drug-likeness (QED) is 0.527.